The fraction of sp³-hybridized carbons (Fsp3) is 0.528. The van der Waals surface area contributed by atoms with E-state index in [1.807, 2.05) is 58.3 Å². The summed E-state index contributed by atoms with van der Waals surface area (Å²) in [5, 5.41) is 11.6. The number of likely N-dealkylation sites (tertiary alicyclic amines) is 1. The van der Waals surface area contributed by atoms with Gasteiger partial charge >= 0.3 is 0 Å². The SMILES string of the molecule is CC(C)C1=C(C(=O)N2[C@H](C)CC[C@H]2C(=O)N2CCN(CCO)C(C)(C)C2)SC2=N[C@@](C)(c3ccc(Cl)cc3)[C@@H](c3ccc(Cl)cc3)N21. The zero-order valence-corrected chi connectivity index (χ0v) is 30.4. The van der Waals surface area contributed by atoms with E-state index in [9.17, 15) is 14.7 Å². The van der Waals surface area contributed by atoms with Gasteiger partial charge in [0, 0.05) is 53.5 Å². The van der Waals surface area contributed by atoms with Gasteiger partial charge in [-0.15, -0.1) is 0 Å². The molecule has 0 radical (unpaired) electrons. The molecule has 1 N–H and O–H groups in total. The lowest BCUT2D eigenvalue weighted by molar-refractivity contribution is -0.146. The molecule has 0 bridgehead atoms. The van der Waals surface area contributed by atoms with E-state index in [1.165, 1.54) is 11.8 Å². The van der Waals surface area contributed by atoms with Gasteiger partial charge in [-0.25, -0.2) is 4.99 Å². The van der Waals surface area contributed by atoms with E-state index in [1.54, 1.807) is 0 Å². The van der Waals surface area contributed by atoms with Crippen LogP contribution >= 0.6 is 35.0 Å². The molecule has 6 rings (SSSR count). The van der Waals surface area contributed by atoms with E-state index in [2.05, 4.69) is 51.3 Å². The number of allylic oxidation sites excluding steroid dienone is 1. The molecule has 0 saturated carbocycles. The number of aliphatic imine (C=N–C) groups is 1. The average Bonchev–Trinajstić information content (AvgIpc) is 3.67. The third kappa shape index (κ3) is 6.12. The minimum absolute atomic E-state index is 0.0151. The second kappa shape index (κ2) is 13.0. The maximum Gasteiger partial charge on any atom is 0.263 e. The molecule has 2 fully saturated rings. The molecule has 2 aromatic carbocycles. The maximum atomic E-state index is 14.7. The van der Waals surface area contributed by atoms with Crippen LogP contribution in [0, 0.1) is 5.92 Å². The van der Waals surface area contributed by atoms with Crippen molar-refractivity contribution >= 4 is 51.9 Å². The molecule has 4 aliphatic heterocycles. The largest absolute Gasteiger partial charge is 0.395 e. The summed E-state index contributed by atoms with van der Waals surface area (Å²) in [6, 6.07) is 14.9. The number of piperazine rings is 1. The molecular weight excluding hydrogens is 653 g/mol. The Morgan fingerprint density at radius 1 is 1.00 bits per heavy atom. The minimum atomic E-state index is -0.653. The first-order valence-corrected chi connectivity index (χ1v) is 18.1. The van der Waals surface area contributed by atoms with Crippen LogP contribution in [-0.2, 0) is 15.1 Å². The summed E-state index contributed by atoms with van der Waals surface area (Å²) in [6.45, 7) is 15.2. The number of rotatable bonds is 7. The molecule has 4 atom stereocenters. The number of β-amino-alcohol motifs (C(OH)–C–C–N with tert-alkyl or cyclic N) is 1. The fourth-order valence-corrected chi connectivity index (χ4v) is 9.48. The predicted octanol–water partition coefficient (Wildman–Crippen LogP) is 6.53. The standard InChI is InChI=1S/C36H45Cl2N5O3S/c1-22(2)29-30(33(46)42-23(3)7-16-28(42)32(45)40-17-18-41(19-20-44)35(4,5)21-40)47-34-39-36(6,25-10-14-27(38)15-11-25)31(43(29)34)24-8-12-26(37)13-9-24/h8-15,22-23,28,31,44H,7,16-21H2,1-6H3/t23-,28+,31-,36+/m1/s1. The zero-order chi connectivity index (χ0) is 33.8. The van der Waals surface area contributed by atoms with Gasteiger partial charge < -0.3 is 19.8 Å². The molecule has 0 unspecified atom stereocenters. The first kappa shape index (κ1) is 34.3. The van der Waals surface area contributed by atoms with Crippen molar-refractivity contribution < 1.29 is 14.7 Å². The number of benzene rings is 2. The lowest BCUT2D eigenvalue weighted by Crippen LogP contribution is -2.63. The topological polar surface area (TPSA) is 79.7 Å². The number of fused-ring (bicyclic) bond motifs is 1. The Labute approximate surface area is 292 Å². The molecule has 2 amide bonds. The van der Waals surface area contributed by atoms with Crippen LogP contribution < -0.4 is 0 Å². The number of amidine groups is 1. The van der Waals surface area contributed by atoms with Crippen LogP contribution in [0.3, 0.4) is 0 Å². The highest BCUT2D eigenvalue weighted by atomic mass is 35.5. The number of aliphatic hydroxyl groups is 1. The molecule has 8 nitrogen and oxygen atoms in total. The van der Waals surface area contributed by atoms with Crippen molar-refractivity contribution in [3.63, 3.8) is 0 Å². The summed E-state index contributed by atoms with van der Waals surface area (Å²) in [5.74, 6) is -0.0642. The van der Waals surface area contributed by atoms with E-state index in [-0.39, 0.29) is 42.0 Å². The van der Waals surface area contributed by atoms with Crippen molar-refractivity contribution in [2.45, 2.75) is 83.6 Å². The van der Waals surface area contributed by atoms with Crippen LogP contribution in [0.5, 0.6) is 0 Å². The molecule has 2 aromatic rings. The van der Waals surface area contributed by atoms with Gasteiger partial charge in [0.1, 0.15) is 16.5 Å². The summed E-state index contributed by atoms with van der Waals surface area (Å²) in [5.41, 5.74) is 2.09. The van der Waals surface area contributed by atoms with Gasteiger partial charge in [0.25, 0.3) is 5.91 Å². The van der Waals surface area contributed by atoms with Crippen LogP contribution in [0.1, 0.15) is 71.6 Å². The second-order valence-electron chi connectivity index (χ2n) is 14.3. The fourth-order valence-electron chi connectivity index (χ4n) is 7.87. The van der Waals surface area contributed by atoms with Gasteiger partial charge in [-0.1, -0.05) is 61.3 Å². The molecule has 4 aliphatic rings. The van der Waals surface area contributed by atoms with Crippen LogP contribution in [-0.4, -0.2) is 92.1 Å². The van der Waals surface area contributed by atoms with Gasteiger partial charge in [-0.05, 0) is 93.6 Å². The number of hydrogen-bond acceptors (Lipinski definition) is 7. The quantitative estimate of drug-likeness (QED) is 0.355. The minimum Gasteiger partial charge on any atom is -0.395 e. The van der Waals surface area contributed by atoms with Gasteiger partial charge in [0.05, 0.1) is 12.6 Å². The van der Waals surface area contributed by atoms with Crippen molar-refractivity contribution in [2.75, 3.05) is 32.8 Å². The normalized spacial score (nSPS) is 27.6. The number of amides is 2. The lowest BCUT2D eigenvalue weighted by Gasteiger charge is -2.48. The average molecular weight is 699 g/mol. The van der Waals surface area contributed by atoms with E-state index in [0.29, 0.717) is 47.6 Å². The Kier molecular flexibility index (Phi) is 9.52. The van der Waals surface area contributed by atoms with Crippen LogP contribution in [0.25, 0.3) is 0 Å². The zero-order valence-electron chi connectivity index (χ0n) is 28.0. The van der Waals surface area contributed by atoms with Crippen molar-refractivity contribution in [2.24, 2.45) is 10.9 Å². The molecule has 0 spiro atoms. The van der Waals surface area contributed by atoms with Crippen molar-refractivity contribution in [1.29, 1.82) is 0 Å². The number of carbonyl (C=O) groups is 2. The molecular formula is C36H45Cl2N5O3S. The molecule has 4 heterocycles. The molecule has 0 aromatic heterocycles. The van der Waals surface area contributed by atoms with E-state index in [4.69, 9.17) is 28.2 Å². The molecule has 252 valence electrons. The van der Waals surface area contributed by atoms with Gasteiger partial charge in [-0.3, -0.25) is 14.5 Å². The van der Waals surface area contributed by atoms with Crippen molar-refractivity contribution in [1.82, 2.24) is 19.6 Å². The Morgan fingerprint density at radius 3 is 2.23 bits per heavy atom. The van der Waals surface area contributed by atoms with Crippen LogP contribution in [0.2, 0.25) is 10.0 Å². The Morgan fingerprint density at radius 2 is 1.64 bits per heavy atom. The van der Waals surface area contributed by atoms with Gasteiger partial charge in [0.15, 0.2) is 5.17 Å². The van der Waals surface area contributed by atoms with Gasteiger partial charge in [0.2, 0.25) is 5.91 Å². The lowest BCUT2D eigenvalue weighted by atomic mass is 9.81. The van der Waals surface area contributed by atoms with Gasteiger partial charge in [-0.2, -0.15) is 0 Å². The highest BCUT2D eigenvalue weighted by molar-refractivity contribution is 8.18. The Balaban J connectivity index is 1.35. The monoisotopic (exact) mass is 697 g/mol. The summed E-state index contributed by atoms with van der Waals surface area (Å²) in [4.78, 5) is 43.2. The Hall–Kier alpha value is -2.56. The third-order valence-electron chi connectivity index (χ3n) is 10.3. The van der Waals surface area contributed by atoms with E-state index >= 15 is 0 Å². The summed E-state index contributed by atoms with van der Waals surface area (Å²) in [6.07, 6.45) is 1.42. The predicted molar refractivity (Wildman–Crippen MR) is 190 cm³/mol. The number of nitrogens with zero attached hydrogens (tertiary/aromatic N) is 5. The maximum absolute atomic E-state index is 14.7. The number of aliphatic hydroxyl groups excluding tert-OH is 1. The molecule has 2 saturated heterocycles. The number of hydrogen-bond donors (Lipinski definition) is 1. The molecule has 47 heavy (non-hydrogen) atoms. The van der Waals surface area contributed by atoms with Crippen LogP contribution in [0.15, 0.2) is 64.1 Å². The molecule has 0 aliphatic carbocycles. The number of thioether (sulfide) groups is 1. The number of halogens is 2. The molecule has 11 heteroatoms. The first-order chi connectivity index (χ1) is 22.3. The highest BCUT2D eigenvalue weighted by Crippen LogP contribution is 2.56. The summed E-state index contributed by atoms with van der Waals surface area (Å²) in [7, 11) is 0. The van der Waals surface area contributed by atoms with E-state index < -0.39 is 11.6 Å². The van der Waals surface area contributed by atoms with Crippen molar-refractivity contribution in [3.8, 4) is 0 Å². The second-order valence-corrected chi connectivity index (χ2v) is 16.1. The summed E-state index contributed by atoms with van der Waals surface area (Å²) >= 11 is 14.0. The Bertz CT molecular complexity index is 1590. The van der Waals surface area contributed by atoms with Crippen molar-refractivity contribution in [3.05, 3.63) is 80.3 Å². The summed E-state index contributed by atoms with van der Waals surface area (Å²) < 4.78 is 0. The van der Waals surface area contributed by atoms with Crippen LogP contribution in [0.4, 0.5) is 0 Å². The smallest absolute Gasteiger partial charge is 0.263 e. The van der Waals surface area contributed by atoms with E-state index in [0.717, 1.165) is 28.4 Å². The number of carbonyl (C=O) groups excluding carboxylic acids is 2. The first-order valence-electron chi connectivity index (χ1n) is 16.6. The highest BCUT2D eigenvalue weighted by Gasteiger charge is 2.54. The third-order valence-corrected chi connectivity index (χ3v) is 11.9.